The molecule has 14 heavy (non-hydrogen) atoms. The van der Waals surface area contributed by atoms with Gasteiger partial charge in [-0.1, -0.05) is 6.92 Å². The fraction of sp³-hybridized carbons (Fsp3) is 0.556. The number of hydrogen-bond donors (Lipinski definition) is 1. The molecule has 1 aliphatic rings. The van der Waals surface area contributed by atoms with Crippen molar-refractivity contribution in [1.82, 2.24) is 9.97 Å². The smallest absolute Gasteiger partial charge is 0.225 e. The van der Waals surface area contributed by atoms with Crippen molar-refractivity contribution in [3.05, 3.63) is 16.0 Å². The molecule has 0 radical (unpaired) electrons. The average molecular weight is 304 g/mol. The fourth-order valence-electron chi connectivity index (χ4n) is 1.55. The zero-order valence-corrected chi connectivity index (χ0v) is 10.2. The van der Waals surface area contributed by atoms with Crippen molar-refractivity contribution in [2.45, 2.75) is 18.9 Å². The van der Waals surface area contributed by atoms with Crippen LogP contribution in [-0.4, -0.2) is 28.6 Å². The maximum absolute atomic E-state index is 6.06. The number of aromatic nitrogens is 2. The largest absolute Gasteiger partial charge is 0.337 e. The van der Waals surface area contributed by atoms with Gasteiger partial charge in [-0.25, -0.2) is 9.97 Å². The van der Waals surface area contributed by atoms with Crippen molar-refractivity contribution in [1.29, 1.82) is 0 Å². The second kappa shape index (κ2) is 3.62. The van der Waals surface area contributed by atoms with E-state index < -0.39 is 0 Å². The van der Waals surface area contributed by atoms with Gasteiger partial charge < -0.3 is 10.6 Å². The zero-order valence-electron chi connectivity index (χ0n) is 8.07. The molecule has 0 aliphatic carbocycles. The van der Waals surface area contributed by atoms with Gasteiger partial charge in [-0.05, 0) is 29.0 Å². The van der Waals surface area contributed by atoms with E-state index in [1.54, 1.807) is 0 Å². The Balaban J connectivity index is 2.03. The van der Waals surface area contributed by atoms with Crippen molar-refractivity contribution >= 4 is 28.5 Å². The molecular weight excluding hydrogens is 291 g/mol. The predicted molar refractivity (Wildman–Crippen MR) is 64.2 cm³/mol. The molecule has 4 nitrogen and oxygen atoms in total. The van der Waals surface area contributed by atoms with E-state index in [0.717, 1.165) is 29.0 Å². The van der Waals surface area contributed by atoms with Crippen molar-refractivity contribution in [2.75, 3.05) is 18.0 Å². The van der Waals surface area contributed by atoms with Crippen LogP contribution in [0.2, 0.25) is 0 Å². The van der Waals surface area contributed by atoms with Crippen molar-refractivity contribution in [3.8, 4) is 0 Å². The molecule has 2 heterocycles. The first kappa shape index (κ1) is 10.1. The van der Waals surface area contributed by atoms with E-state index in [-0.39, 0.29) is 5.54 Å². The van der Waals surface area contributed by atoms with Gasteiger partial charge in [-0.2, -0.15) is 0 Å². The van der Waals surface area contributed by atoms with E-state index in [4.69, 9.17) is 5.73 Å². The summed E-state index contributed by atoms with van der Waals surface area (Å²) in [5, 5.41) is 0. The fourth-order valence-corrected chi connectivity index (χ4v) is 1.83. The first-order valence-corrected chi connectivity index (χ1v) is 5.72. The third-order valence-corrected chi connectivity index (χ3v) is 3.16. The van der Waals surface area contributed by atoms with Crippen LogP contribution in [0.5, 0.6) is 0 Å². The van der Waals surface area contributed by atoms with Crippen molar-refractivity contribution in [3.63, 3.8) is 0 Å². The second-order valence-corrected chi connectivity index (χ2v) is 5.02. The van der Waals surface area contributed by atoms with Gasteiger partial charge >= 0.3 is 0 Å². The van der Waals surface area contributed by atoms with Gasteiger partial charge in [0.15, 0.2) is 0 Å². The van der Waals surface area contributed by atoms with Crippen LogP contribution < -0.4 is 10.6 Å². The van der Waals surface area contributed by atoms with Gasteiger partial charge in [0.2, 0.25) is 5.95 Å². The highest BCUT2D eigenvalue weighted by Gasteiger charge is 2.38. The summed E-state index contributed by atoms with van der Waals surface area (Å²) in [7, 11) is 0. The standard InChI is InChI=1S/C9H13IN4/c1-2-9(11)5-14(6-9)8-12-3-7(10)4-13-8/h3-4H,2,5-6,11H2,1H3. The molecule has 1 fully saturated rings. The minimum atomic E-state index is -0.0215. The van der Waals surface area contributed by atoms with E-state index in [0.29, 0.717) is 0 Å². The molecule has 0 atom stereocenters. The van der Waals surface area contributed by atoms with Crippen LogP contribution in [0, 0.1) is 3.57 Å². The monoisotopic (exact) mass is 304 g/mol. The van der Waals surface area contributed by atoms with E-state index in [2.05, 4.69) is 44.4 Å². The van der Waals surface area contributed by atoms with Gasteiger partial charge in [0.05, 0.1) is 5.54 Å². The molecule has 0 bridgehead atoms. The minimum Gasteiger partial charge on any atom is -0.337 e. The molecule has 76 valence electrons. The number of rotatable bonds is 2. The molecule has 0 spiro atoms. The normalized spacial score (nSPS) is 19.2. The molecule has 5 heteroatoms. The van der Waals surface area contributed by atoms with Crippen LogP contribution in [0.1, 0.15) is 13.3 Å². The van der Waals surface area contributed by atoms with Gasteiger partial charge in [0.1, 0.15) is 0 Å². The Morgan fingerprint density at radius 2 is 2.07 bits per heavy atom. The lowest BCUT2D eigenvalue weighted by molar-refractivity contribution is 0.318. The summed E-state index contributed by atoms with van der Waals surface area (Å²) in [6.07, 6.45) is 4.66. The Bertz CT molecular complexity index is 318. The summed E-state index contributed by atoms with van der Waals surface area (Å²) in [4.78, 5) is 10.6. The average Bonchev–Trinajstić information content (AvgIpc) is 2.15. The van der Waals surface area contributed by atoms with Gasteiger partial charge in [-0.15, -0.1) is 0 Å². The molecule has 0 aromatic carbocycles. The maximum Gasteiger partial charge on any atom is 0.225 e. The molecule has 1 aromatic heterocycles. The first-order chi connectivity index (χ1) is 6.63. The van der Waals surface area contributed by atoms with Gasteiger partial charge in [0.25, 0.3) is 0 Å². The van der Waals surface area contributed by atoms with Gasteiger partial charge in [-0.3, -0.25) is 0 Å². The number of halogens is 1. The van der Waals surface area contributed by atoms with Crippen molar-refractivity contribution < 1.29 is 0 Å². The lowest BCUT2D eigenvalue weighted by Crippen LogP contribution is -2.67. The third kappa shape index (κ3) is 1.83. The molecule has 1 aliphatic heterocycles. The van der Waals surface area contributed by atoms with E-state index >= 15 is 0 Å². The second-order valence-electron chi connectivity index (χ2n) is 3.77. The van der Waals surface area contributed by atoms with Crippen LogP contribution in [0.15, 0.2) is 12.4 Å². The minimum absolute atomic E-state index is 0.0215. The number of nitrogens with two attached hydrogens (primary N) is 1. The predicted octanol–water partition coefficient (Wildman–Crippen LogP) is 1.01. The Kier molecular flexibility index (Phi) is 2.61. The molecule has 2 N–H and O–H groups in total. The summed E-state index contributed by atoms with van der Waals surface area (Å²) in [6.45, 7) is 3.85. The number of nitrogens with zero attached hydrogens (tertiary/aromatic N) is 3. The summed E-state index contributed by atoms with van der Waals surface area (Å²) < 4.78 is 1.06. The topological polar surface area (TPSA) is 55.0 Å². The quantitative estimate of drug-likeness (QED) is 0.829. The zero-order chi connectivity index (χ0) is 10.2. The molecule has 0 amide bonds. The summed E-state index contributed by atoms with van der Waals surface area (Å²) in [5.74, 6) is 0.792. The van der Waals surface area contributed by atoms with E-state index in [1.165, 1.54) is 0 Å². The Morgan fingerprint density at radius 1 is 1.50 bits per heavy atom. The van der Waals surface area contributed by atoms with E-state index in [9.17, 15) is 0 Å². The number of hydrogen-bond acceptors (Lipinski definition) is 4. The first-order valence-electron chi connectivity index (χ1n) is 4.64. The third-order valence-electron chi connectivity index (χ3n) is 2.61. The van der Waals surface area contributed by atoms with Crippen LogP contribution in [0.25, 0.3) is 0 Å². The maximum atomic E-state index is 6.06. The summed E-state index contributed by atoms with van der Waals surface area (Å²) >= 11 is 2.20. The highest BCUT2D eigenvalue weighted by atomic mass is 127. The summed E-state index contributed by atoms with van der Waals surface area (Å²) in [6, 6.07) is 0. The van der Waals surface area contributed by atoms with Crippen molar-refractivity contribution in [2.24, 2.45) is 5.73 Å². The highest BCUT2D eigenvalue weighted by molar-refractivity contribution is 14.1. The van der Waals surface area contributed by atoms with Crippen LogP contribution in [0.4, 0.5) is 5.95 Å². The SMILES string of the molecule is CCC1(N)CN(c2ncc(I)cn2)C1. The van der Waals surface area contributed by atoms with Crippen LogP contribution in [0.3, 0.4) is 0 Å². The Morgan fingerprint density at radius 3 is 2.57 bits per heavy atom. The summed E-state index contributed by atoms with van der Waals surface area (Å²) in [5.41, 5.74) is 6.04. The Hall–Kier alpha value is -0.430. The van der Waals surface area contributed by atoms with Crippen LogP contribution in [-0.2, 0) is 0 Å². The number of anilines is 1. The lowest BCUT2D eigenvalue weighted by atomic mass is 9.89. The molecule has 1 saturated heterocycles. The molecule has 0 saturated carbocycles. The van der Waals surface area contributed by atoms with Crippen LogP contribution >= 0.6 is 22.6 Å². The molecule has 1 aromatic rings. The molecule has 2 rings (SSSR count). The lowest BCUT2D eigenvalue weighted by Gasteiger charge is -2.47. The Labute approximate surface area is 97.1 Å². The molecule has 0 unspecified atom stereocenters. The highest BCUT2D eigenvalue weighted by Crippen LogP contribution is 2.24. The molecular formula is C9H13IN4. The van der Waals surface area contributed by atoms with E-state index in [1.807, 2.05) is 12.4 Å². The van der Waals surface area contributed by atoms with Gasteiger partial charge in [0, 0.05) is 29.1 Å².